The van der Waals surface area contributed by atoms with Gasteiger partial charge in [0.15, 0.2) is 11.6 Å². The van der Waals surface area contributed by atoms with Crippen LogP contribution in [0, 0.1) is 0 Å². The van der Waals surface area contributed by atoms with E-state index in [1.165, 1.54) is 0 Å². The van der Waals surface area contributed by atoms with Crippen molar-refractivity contribution in [3.63, 3.8) is 0 Å². The van der Waals surface area contributed by atoms with Crippen LogP contribution in [-0.4, -0.2) is 16.6 Å². The molecule has 1 heterocycles. The molecule has 12 heavy (non-hydrogen) atoms. The Hall–Kier alpha value is -1.58. The first kappa shape index (κ1) is 8.52. The van der Waals surface area contributed by atoms with Crippen molar-refractivity contribution in [1.29, 1.82) is 0 Å². The molecular weight excluding hydrogens is 154 g/mol. The third kappa shape index (κ3) is 1.95. The van der Waals surface area contributed by atoms with Gasteiger partial charge in [0.1, 0.15) is 5.82 Å². The van der Waals surface area contributed by atoms with Gasteiger partial charge < -0.3 is 10.5 Å². The highest BCUT2D eigenvalue weighted by Crippen LogP contribution is 2.08. The molecule has 0 saturated heterocycles. The van der Waals surface area contributed by atoms with E-state index in [9.17, 15) is 0 Å². The number of nitrogens with two attached hydrogens (primary N) is 1. The quantitative estimate of drug-likeness (QED) is 0.680. The molecule has 1 aromatic rings. The van der Waals surface area contributed by atoms with Crippen LogP contribution in [0.3, 0.4) is 0 Å². The molecule has 0 saturated carbocycles. The molecule has 1 rings (SSSR count). The van der Waals surface area contributed by atoms with Crippen LogP contribution >= 0.6 is 0 Å². The highest BCUT2D eigenvalue weighted by atomic mass is 16.5. The van der Waals surface area contributed by atoms with Crippen molar-refractivity contribution in [2.75, 3.05) is 12.3 Å². The van der Waals surface area contributed by atoms with Crippen molar-refractivity contribution >= 4 is 11.6 Å². The molecule has 0 fully saturated rings. The first-order valence-electron chi connectivity index (χ1n) is 3.64. The minimum Gasteiger partial charge on any atom is -0.491 e. The topological polar surface area (TPSA) is 61.0 Å². The van der Waals surface area contributed by atoms with Gasteiger partial charge in [-0.3, -0.25) is 0 Å². The zero-order valence-corrected chi connectivity index (χ0v) is 6.95. The van der Waals surface area contributed by atoms with Crippen LogP contribution in [0.4, 0.5) is 5.82 Å². The summed E-state index contributed by atoms with van der Waals surface area (Å²) in [6.07, 6.45) is 1.57. The second kappa shape index (κ2) is 3.71. The molecule has 0 radical (unpaired) electrons. The Bertz CT molecular complexity index is 285. The van der Waals surface area contributed by atoms with Gasteiger partial charge in [-0.25, -0.2) is 9.97 Å². The van der Waals surface area contributed by atoms with E-state index in [1.54, 1.807) is 12.3 Å². The number of aromatic nitrogens is 2. The Balaban J connectivity index is 2.81. The van der Waals surface area contributed by atoms with Gasteiger partial charge in [-0.1, -0.05) is 6.58 Å². The first-order valence-corrected chi connectivity index (χ1v) is 3.64. The second-order valence-corrected chi connectivity index (χ2v) is 2.16. The van der Waals surface area contributed by atoms with Crippen molar-refractivity contribution in [1.82, 2.24) is 9.97 Å². The maximum absolute atomic E-state index is 5.44. The molecule has 0 aliphatic rings. The summed E-state index contributed by atoms with van der Waals surface area (Å²) in [5.74, 6) is 1.31. The first-order chi connectivity index (χ1) is 5.74. The second-order valence-electron chi connectivity index (χ2n) is 2.16. The number of hydrogen-bond acceptors (Lipinski definition) is 4. The minimum absolute atomic E-state index is 0.417. The molecule has 0 spiro atoms. The number of nitrogen functional groups attached to an aromatic ring is 1. The van der Waals surface area contributed by atoms with Crippen molar-refractivity contribution in [3.8, 4) is 0 Å². The van der Waals surface area contributed by atoms with Gasteiger partial charge in [-0.05, 0) is 13.0 Å². The van der Waals surface area contributed by atoms with Gasteiger partial charge in [-0.15, -0.1) is 0 Å². The Labute approximate surface area is 71.1 Å². The Kier molecular flexibility index (Phi) is 2.63. The van der Waals surface area contributed by atoms with E-state index >= 15 is 0 Å². The lowest BCUT2D eigenvalue weighted by Gasteiger charge is -2.04. The Morgan fingerprint density at radius 1 is 1.75 bits per heavy atom. The standard InChI is InChI=1S/C8H11N3O/c1-3-12-6(2)8-10-5-4-7(9)11-8/h4-5H,2-3H2,1H3,(H2,9,10,11). The van der Waals surface area contributed by atoms with E-state index in [2.05, 4.69) is 16.5 Å². The Morgan fingerprint density at radius 3 is 3.08 bits per heavy atom. The van der Waals surface area contributed by atoms with Gasteiger partial charge in [0.25, 0.3) is 0 Å². The minimum atomic E-state index is 0.417. The largest absolute Gasteiger partial charge is 0.491 e. The fourth-order valence-electron chi connectivity index (χ4n) is 0.746. The van der Waals surface area contributed by atoms with Crippen molar-refractivity contribution < 1.29 is 4.74 Å². The molecule has 0 aromatic carbocycles. The van der Waals surface area contributed by atoms with E-state index in [0.29, 0.717) is 24.0 Å². The van der Waals surface area contributed by atoms with Crippen LogP contribution in [0.25, 0.3) is 5.76 Å². The van der Waals surface area contributed by atoms with Crippen LogP contribution in [-0.2, 0) is 4.74 Å². The summed E-state index contributed by atoms with van der Waals surface area (Å²) in [7, 11) is 0. The summed E-state index contributed by atoms with van der Waals surface area (Å²) in [5.41, 5.74) is 5.44. The average molecular weight is 165 g/mol. The highest BCUT2D eigenvalue weighted by molar-refractivity contribution is 5.50. The molecule has 0 unspecified atom stereocenters. The van der Waals surface area contributed by atoms with Crippen LogP contribution < -0.4 is 5.73 Å². The highest BCUT2D eigenvalue weighted by Gasteiger charge is 2.01. The lowest BCUT2D eigenvalue weighted by atomic mass is 10.5. The van der Waals surface area contributed by atoms with Crippen molar-refractivity contribution in [3.05, 3.63) is 24.7 Å². The molecule has 0 bridgehead atoms. The van der Waals surface area contributed by atoms with Crippen molar-refractivity contribution in [2.24, 2.45) is 0 Å². The molecule has 4 heteroatoms. The van der Waals surface area contributed by atoms with Crippen LogP contribution in [0.5, 0.6) is 0 Å². The number of ether oxygens (including phenoxy) is 1. The van der Waals surface area contributed by atoms with Crippen LogP contribution in [0.15, 0.2) is 18.8 Å². The third-order valence-corrected chi connectivity index (χ3v) is 1.25. The fourth-order valence-corrected chi connectivity index (χ4v) is 0.746. The van der Waals surface area contributed by atoms with E-state index < -0.39 is 0 Å². The Morgan fingerprint density at radius 2 is 2.50 bits per heavy atom. The maximum atomic E-state index is 5.44. The molecule has 2 N–H and O–H groups in total. The van der Waals surface area contributed by atoms with E-state index in [0.717, 1.165) is 0 Å². The molecule has 0 atom stereocenters. The lowest BCUT2D eigenvalue weighted by molar-refractivity contribution is 0.296. The number of anilines is 1. The molecule has 0 aliphatic carbocycles. The third-order valence-electron chi connectivity index (χ3n) is 1.25. The normalized spacial score (nSPS) is 9.42. The number of nitrogens with zero attached hydrogens (tertiary/aromatic N) is 2. The van der Waals surface area contributed by atoms with Crippen LogP contribution in [0.2, 0.25) is 0 Å². The van der Waals surface area contributed by atoms with Gasteiger partial charge in [0.2, 0.25) is 0 Å². The summed E-state index contributed by atoms with van der Waals surface area (Å²) < 4.78 is 5.11. The van der Waals surface area contributed by atoms with E-state index in [4.69, 9.17) is 10.5 Å². The molecule has 64 valence electrons. The van der Waals surface area contributed by atoms with Crippen LogP contribution in [0.1, 0.15) is 12.7 Å². The monoisotopic (exact) mass is 165 g/mol. The van der Waals surface area contributed by atoms with Crippen molar-refractivity contribution in [2.45, 2.75) is 6.92 Å². The summed E-state index contributed by atoms with van der Waals surface area (Å²) in [5, 5.41) is 0. The summed E-state index contributed by atoms with van der Waals surface area (Å²) in [4.78, 5) is 7.88. The summed E-state index contributed by atoms with van der Waals surface area (Å²) in [6, 6.07) is 1.61. The maximum Gasteiger partial charge on any atom is 0.196 e. The summed E-state index contributed by atoms with van der Waals surface area (Å²) >= 11 is 0. The molecule has 1 aromatic heterocycles. The van der Waals surface area contributed by atoms with Gasteiger partial charge in [0.05, 0.1) is 6.61 Å². The van der Waals surface area contributed by atoms with Gasteiger partial charge in [0, 0.05) is 6.20 Å². The van der Waals surface area contributed by atoms with E-state index in [1.807, 2.05) is 6.92 Å². The van der Waals surface area contributed by atoms with E-state index in [-0.39, 0.29) is 0 Å². The SMILES string of the molecule is C=C(OCC)c1nccc(N)n1. The number of rotatable bonds is 3. The molecule has 0 aliphatic heterocycles. The smallest absolute Gasteiger partial charge is 0.196 e. The predicted molar refractivity (Wildman–Crippen MR) is 47.1 cm³/mol. The zero-order valence-electron chi connectivity index (χ0n) is 6.95. The average Bonchev–Trinajstić information content (AvgIpc) is 2.05. The summed E-state index contributed by atoms with van der Waals surface area (Å²) in [6.45, 7) is 6.08. The fraction of sp³-hybridized carbons (Fsp3) is 0.250. The molecule has 4 nitrogen and oxygen atoms in total. The zero-order chi connectivity index (χ0) is 8.97. The lowest BCUT2D eigenvalue weighted by Crippen LogP contribution is -1.99. The number of hydrogen-bond donors (Lipinski definition) is 1. The predicted octanol–water partition coefficient (Wildman–Crippen LogP) is 1.07. The van der Waals surface area contributed by atoms with Gasteiger partial charge in [-0.2, -0.15) is 0 Å². The molecule has 0 amide bonds. The molecular formula is C8H11N3O. The van der Waals surface area contributed by atoms with Gasteiger partial charge >= 0.3 is 0 Å².